The number of hydrogen-bond acceptors (Lipinski definition) is 10. The number of fused-ring (bicyclic) bond motifs is 2. The molecule has 4 aliphatic rings. The molecule has 5 heterocycles. The largest absolute Gasteiger partial charge is 0.486 e. The number of aromatic nitrogens is 2. The van der Waals surface area contributed by atoms with Crippen molar-refractivity contribution in [3.8, 4) is 5.75 Å². The monoisotopic (exact) mass is 602 g/mol. The molecule has 1 amide bonds. The molecular weight excluding hydrogens is 564 g/mol. The topological polar surface area (TPSA) is 125 Å². The Labute approximate surface area is 244 Å². The zero-order chi connectivity index (χ0) is 28.7. The fourth-order valence-electron chi connectivity index (χ4n) is 6.28. The van der Waals surface area contributed by atoms with E-state index in [1.807, 2.05) is 0 Å². The van der Waals surface area contributed by atoms with E-state index in [1.54, 1.807) is 11.2 Å². The molecule has 6 rings (SSSR count). The number of aryl methyl sites for hydroxylation is 1. The van der Waals surface area contributed by atoms with Crippen LogP contribution in [0.1, 0.15) is 41.9 Å². The van der Waals surface area contributed by atoms with Gasteiger partial charge in [-0.2, -0.15) is 0 Å². The summed E-state index contributed by atoms with van der Waals surface area (Å²) in [4.78, 5) is 27.9. The van der Waals surface area contributed by atoms with Crippen molar-refractivity contribution in [3.05, 3.63) is 35.2 Å². The Balaban J connectivity index is 1.09. The molecule has 1 aromatic carbocycles. The maximum absolute atomic E-state index is 12.3. The third-order valence-corrected chi connectivity index (χ3v) is 11.0. The number of anilines is 3. The number of nitrogens with zero attached hydrogens (tertiary/aromatic N) is 5. The van der Waals surface area contributed by atoms with Crippen LogP contribution in [0.4, 0.5) is 17.3 Å². The van der Waals surface area contributed by atoms with Gasteiger partial charge < -0.3 is 19.9 Å². The number of likely N-dealkylation sites (tertiary alicyclic amines) is 2. The summed E-state index contributed by atoms with van der Waals surface area (Å²) in [6.07, 6.45) is 4.91. The van der Waals surface area contributed by atoms with E-state index in [9.17, 15) is 17.4 Å². The minimum atomic E-state index is -3.13. The normalized spacial score (nSPS) is 20.8. The molecule has 0 atom stereocenters. The van der Waals surface area contributed by atoms with Gasteiger partial charge in [0.2, 0.25) is 5.91 Å². The fraction of sp³-hybridized carbons (Fsp3) is 0.607. The summed E-state index contributed by atoms with van der Waals surface area (Å²) in [5, 5.41) is 3.54. The van der Waals surface area contributed by atoms with Crippen LogP contribution in [-0.4, -0.2) is 107 Å². The lowest BCUT2D eigenvalue weighted by Gasteiger charge is -2.47. The second-order valence-electron chi connectivity index (χ2n) is 11.6. The average molecular weight is 603 g/mol. The first-order valence-corrected chi connectivity index (χ1v) is 17.9. The number of rotatable bonds is 6. The summed E-state index contributed by atoms with van der Waals surface area (Å²) in [6, 6.07) is 4.80. The van der Waals surface area contributed by atoms with Crippen molar-refractivity contribution in [2.45, 2.75) is 44.8 Å². The first-order valence-electron chi connectivity index (χ1n) is 14.3. The van der Waals surface area contributed by atoms with E-state index in [0.29, 0.717) is 56.3 Å². The van der Waals surface area contributed by atoms with Crippen molar-refractivity contribution < 1.29 is 22.2 Å². The first kappa shape index (κ1) is 28.4. The minimum absolute atomic E-state index is 0.0666. The van der Waals surface area contributed by atoms with Crippen LogP contribution in [0, 0.1) is 6.92 Å². The van der Waals surface area contributed by atoms with Crippen molar-refractivity contribution in [2.24, 2.45) is 0 Å². The van der Waals surface area contributed by atoms with E-state index in [4.69, 9.17) is 4.74 Å². The van der Waals surface area contributed by atoms with Gasteiger partial charge in [-0.3, -0.25) is 13.9 Å². The molecule has 0 bridgehead atoms. The third-order valence-electron chi connectivity index (χ3n) is 8.73. The highest BCUT2D eigenvalue weighted by atomic mass is 32.2. The molecule has 1 aromatic heterocycles. The molecule has 0 unspecified atom stereocenters. The lowest BCUT2D eigenvalue weighted by Crippen LogP contribution is -2.62. The zero-order valence-corrected chi connectivity index (χ0v) is 25.3. The number of benzene rings is 1. The van der Waals surface area contributed by atoms with E-state index in [-0.39, 0.29) is 18.1 Å². The van der Waals surface area contributed by atoms with Gasteiger partial charge in [0.15, 0.2) is 0 Å². The van der Waals surface area contributed by atoms with Crippen LogP contribution < -0.4 is 15.0 Å². The molecule has 222 valence electrons. The standard InChI is InChI=1S/C28H38N6O5S2/c1-19-13-21(20-3-6-32(7-4-20)22-15-34(16-22)25(35)5-12-41(2,37)38)14-24-26(19)39-17-23-27(31-24)29-18-30-28(23)33-8-10-40(36)11-9-33/h13-14,18,20,22H,3-12,15-17H2,1-2H3,(H,29,30,31). The number of carbonyl (C=O) groups is 1. The van der Waals surface area contributed by atoms with Crippen LogP contribution in [0.15, 0.2) is 18.5 Å². The lowest BCUT2D eigenvalue weighted by atomic mass is 9.87. The average Bonchev–Trinajstić information content (AvgIpc) is 3.11. The Kier molecular flexibility index (Phi) is 7.94. The van der Waals surface area contributed by atoms with Crippen molar-refractivity contribution in [1.29, 1.82) is 0 Å². The zero-order valence-electron chi connectivity index (χ0n) is 23.7. The van der Waals surface area contributed by atoms with E-state index < -0.39 is 20.6 Å². The Morgan fingerprint density at radius 1 is 1.12 bits per heavy atom. The minimum Gasteiger partial charge on any atom is -0.486 e. The second kappa shape index (κ2) is 11.5. The van der Waals surface area contributed by atoms with Crippen LogP contribution >= 0.6 is 0 Å². The van der Waals surface area contributed by atoms with Gasteiger partial charge in [0.1, 0.15) is 40.2 Å². The van der Waals surface area contributed by atoms with Crippen LogP contribution in [0.3, 0.4) is 0 Å². The molecule has 11 nitrogen and oxygen atoms in total. The van der Waals surface area contributed by atoms with Crippen molar-refractivity contribution in [1.82, 2.24) is 19.8 Å². The van der Waals surface area contributed by atoms with Gasteiger partial charge in [-0.25, -0.2) is 18.4 Å². The summed E-state index contributed by atoms with van der Waals surface area (Å²) in [5.74, 6) is 4.03. The molecule has 0 saturated carbocycles. The smallest absolute Gasteiger partial charge is 0.223 e. The van der Waals surface area contributed by atoms with Crippen molar-refractivity contribution in [2.75, 3.05) is 73.0 Å². The molecule has 3 saturated heterocycles. The van der Waals surface area contributed by atoms with Gasteiger partial charge >= 0.3 is 0 Å². The molecule has 0 aliphatic carbocycles. The fourth-order valence-corrected chi connectivity index (χ4v) is 7.88. The molecular formula is C28H38N6O5S2. The van der Waals surface area contributed by atoms with Crippen LogP contribution in [0.2, 0.25) is 0 Å². The summed E-state index contributed by atoms with van der Waals surface area (Å²) in [7, 11) is -3.88. The maximum Gasteiger partial charge on any atom is 0.223 e. The van der Waals surface area contributed by atoms with Crippen LogP contribution in [0.5, 0.6) is 5.75 Å². The third kappa shape index (κ3) is 6.21. The molecule has 1 N–H and O–H groups in total. The van der Waals surface area contributed by atoms with Crippen LogP contribution in [-0.2, 0) is 32.0 Å². The Morgan fingerprint density at radius 2 is 1.85 bits per heavy atom. The highest BCUT2D eigenvalue weighted by molar-refractivity contribution is 7.90. The molecule has 4 aliphatic heterocycles. The maximum atomic E-state index is 12.3. The van der Waals surface area contributed by atoms with E-state index in [2.05, 4.69) is 44.1 Å². The van der Waals surface area contributed by atoms with Crippen molar-refractivity contribution in [3.63, 3.8) is 0 Å². The number of sulfone groups is 1. The lowest BCUT2D eigenvalue weighted by molar-refractivity contribution is -0.138. The van der Waals surface area contributed by atoms with Crippen LogP contribution in [0.25, 0.3) is 0 Å². The number of piperidine rings is 1. The predicted molar refractivity (Wildman–Crippen MR) is 159 cm³/mol. The second-order valence-corrected chi connectivity index (χ2v) is 15.6. The highest BCUT2D eigenvalue weighted by Crippen LogP contribution is 2.41. The molecule has 0 spiro atoms. The number of ether oxygens (including phenoxy) is 1. The summed E-state index contributed by atoms with van der Waals surface area (Å²) in [5.41, 5.74) is 4.23. The van der Waals surface area contributed by atoms with Gasteiger partial charge in [-0.15, -0.1) is 0 Å². The first-order chi connectivity index (χ1) is 19.6. The summed E-state index contributed by atoms with van der Waals surface area (Å²) in [6.45, 7) is 7.20. The number of hydrogen-bond donors (Lipinski definition) is 1. The van der Waals surface area contributed by atoms with E-state index in [1.165, 1.54) is 11.8 Å². The number of carbonyl (C=O) groups excluding carboxylic acids is 1. The van der Waals surface area contributed by atoms with Gasteiger partial charge in [0, 0.05) is 67.2 Å². The van der Waals surface area contributed by atoms with E-state index >= 15 is 0 Å². The predicted octanol–water partition coefficient (Wildman–Crippen LogP) is 1.81. The Bertz CT molecular complexity index is 1440. The van der Waals surface area contributed by atoms with Gasteiger partial charge in [-0.1, -0.05) is 6.07 Å². The van der Waals surface area contributed by atoms with E-state index in [0.717, 1.165) is 60.1 Å². The molecule has 3 fully saturated rings. The summed E-state index contributed by atoms with van der Waals surface area (Å²) >= 11 is 0. The summed E-state index contributed by atoms with van der Waals surface area (Å²) < 4.78 is 40.9. The molecule has 13 heteroatoms. The Morgan fingerprint density at radius 3 is 2.56 bits per heavy atom. The highest BCUT2D eigenvalue weighted by Gasteiger charge is 2.37. The Hall–Kier alpha value is -2.77. The number of nitrogens with one attached hydrogen (secondary N) is 1. The van der Waals surface area contributed by atoms with Gasteiger partial charge in [0.05, 0.1) is 17.0 Å². The number of amides is 1. The van der Waals surface area contributed by atoms with Crippen molar-refractivity contribution >= 4 is 43.9 Å². The molecule has 0 radical (unpaired) electrons. The van der Waals surface area contributed by atoms with Gasteiger partial charge in [-0.05, 0) is 56.0 Å². The molecule has 2 aromatic rings. The molecule has 41 heavy (non-hydrogen) atoms. The van der Waals surface area contributed by atoms with Gasteiger partial charge in [0.25, 0.3) is 0 Å². The quantitative estimate of drug-likeness (QED) is 0.524. The SMILES string of the molecule is Cc1cc(C2CCN(C3CN(C(=O)CCS(C)(=O)=O)C3)CC2)cc2c1OCc1c(ncnc1N1CCS(=O)CC1)N2.